The predicted octanol–water partition coefficient (Wildman–Crippen LogP) is 4.23. The molecule has 130 valence electrons. The summed E-state index contributed by atoms with van der Waals surface area (Å²) in [5.74, 6) is 0.844. The van der Waals surface area contributed by atoms with Crippen LogP contribution in [-0.4, -0.2) is 30.2 Å². The second kappa shape index (κ2) is 6.84. The topological polar surface area (TPSA) is 49.9 Å². The van der Waals surface area contributed by atoms with Gasteiger partial charge in [0.1, 0.15) is 17.2 Å². The molecule has 0 spiro atoms. The average molecular weight is 339 g/mol. The van der Waals surface area contributed by atoms with Gasteiger partial charge in [-0.05, 0) is 55.3 Å². The Hall–Kier alpha value is -2.40. The zero-order valence-corrected chi connectivity index (χ0v) is 14.3. The number of H-pyrrole nitrogens is 1. The zero-order valence-electron chi connectivity index (χ0n) is 14.3. The van der Waals surface area contributed by atoms with Gasteiger partial charge in [-0.15, -0.1) is 0 Å². The number of methoxy groups -OCH3 is 1. The van der Waals surface area contributed by atoms with E-state index in [0.717, 1.165) is 35.2 Å². The molecule has 0 radical (unpaired) electrons. The molecule has 2 aromatic heterocycles. The first-order valence-corrected chi connectivity index (χ1v) is 8.78. The predicted molar refractivity (Wildman–Crippen MR) is 97.5 cm³/mol. The molecule has 1 fully saturated rings. The summed E-state index contributed by atoms with van der Waals surface area (Å²) in [6.07, 6.45) is 5.37. The summed E-state index contributed by atoms with van der Waals surface area (Å²) in [7, 11) is 1.61. The lowest BCUT2D eigenvalue weighted by atomic mass is 9.98. The third-order valence-corrected chi connectivity index (χ3v) is 4.99. The Morgan fingerprint density at radius 1 is 1.16 bits per heavy atom. The van der Waals surface area contributed by atoms with Crippen molar-refractivity contribution in [1.82, 2.24) is 15.3 Å². The van der Waals surface area contributed by atoms with Gasteiger partial charge in [-0.2, -0.15) is 0 Å². The summed E-state index contributed by atoms with van der Waals surface area (Å²) in [6, 6.07) is 8.69. The van der Waals surface area contributed by atoms with E-state index in [4.69, 9.17) is 4.74 Å². The number of hydrogen-bond donors (Lipinski definition) is 2. The van der Waals surface area contributed by atoms with Crippen molar-refractivity contribution in [3.63, 3.8) is 0 Å². The van der Waals surface area contributed by atoms with Gasteiger partial charge in [0, 0.05) is 35.3 Å². The van der Waals surface area contributed by atoms with Gasteiger partial charge in [0.25, 0.3) is 0 Å². The summed E-state index contributed by atoms with van der Waals surface area (Å²) in [6.45, 7) is 2.06. The monoisotopic (exact) mass is 339 g/mol. The van der Waals surface area contributed by atoms with Gasteiger partial charge in [-0.3, -0.25) is 0 Å². The Kier molecular flexibility index (Phi) is 4.40. The summed E-state index contributed by atoms with van der Waals surface area (Å²) >= 11 is 0. The molecular formula is C20H22FN3O. The third-order valence-electron chi connectivity index (χ3n) is 4.99. The minimum absolute atomic E-state index is 0.274. The van der Waals surface area contributed by atoms with E-state index in [1.54, 1.807) is 19.4 Å². The molecule has 0 bridgehead atoms. The summed E-state index contributed by atoms with van der Waals surface area (Å²) in [4.78, 5) is 7.94. The second-order valence-electron chi connectivity index (χ2n) is 6.59. The van der Waals surface area contributed by atoms with E-state index >= 15 is 0 Å². The van der Waals surface area contributed by atoms with Crippen molar-refractivity contribution in [1.29, 1.82) is 0 Å². The molecule has 0 amide bonds. The van der Waals surface area contributed by atoms with Crippen LogP contribution in [0.5, 0.6) is 5.75 Å². The van der Waals surface area contributed by atoms with Crippen LogP contribution in [0.4, 0.5) is 4.39 Å². The molecule has 1 saturated heterocycles. The van der Waals surface area contributed by atoms with Crippen LogP contribution in [0.15, 0.2) is 36.5 Å². The molecule has 5 heteroatoms. The van der Waals surface area contributed by atoms with Crippen LogP contribution in [0.3, 0.4) is 0 Å². The van der Waals surface area contributed by atoms with Crippen molar-refractivity contribution >= 4 is 11.0 Å². The largest absolute Gasteiger partial charge is 0.496 e. The Morgan fingerprint density at radius 2 is 2.08 bits per heavy atom. The zero-order chi connectivity index (χ0) is 17.2. The highest BCUT2D eigenvalue weighted by Gasteiger charge is 2.19. The number of halogens is 1. The van der Waals surface area contributed by atoms with Crippen LogP contribution in [0.1, 0.15) is 30.9 Å². The van der Waals surface area contributed by atoms with E-state index in [-0.39, 0.29) is 5.82 Å². The molecule has 3 aromatic rings. The fourth-order valence-corrected chi connectivity index (χ4v) is 3.68. The van der Waals surface area contributed by atoms with E-state index in [0.29, 0.717) is 11.7 Å². The van der Waals surface area contributed by atoms with Gasteiger partial charge >= 0.3 is 0 Å². The molecule has 25 heavy (non-hydrogen) atoms. The van der Waals surface area contributed by atoms with E-state index in [9.17, 15) is 4.39 Å². The van der Waals surface area contributed by atoms with Gasteiger partial charge in [0.15, 0.2) is 0 Å². The number of fused-ring (bicyclic) bond motifs is 1. The third kappa shape index (κ3) is 3.12. The molecule has 4 rings (SSSR count). The maximum absolute atomic E-state index is 13.8. The number of ether oxygens (including phenoxy) is 1. The van der Waals surface area contributed by atoms with Crippen molar-refractivity contribution in [3.8, 4) is 16.9 Å². The first-order chi connectivity index (χ1) is 12.3. The van der Waals surface area contributed by atoms with Crippen molar-refractivity contribution in [2.45, 2.75) is 25.2 Å². The van der Waals surface area contributed by atoms with Crippen molar-refractivity contribution < 1.29 is 9.13 Å². The molecule has 0 saturated carbocycles. The maximum atomic E-state index is 13.8. The van der Waals surface area contributed by atoms with Crippen LogP contribution in [-0.2, 0) is 0 Å². The SMILES string of the molecule is COc1ccc(F)cc1-c1ccnc2[nH]c(C3CCCCNC3)cc12. The normalized spacial score (nSPS) is 18.2. The highest BCUT2D eigenvalue weighted by atomic mass is 19.1. The van der Waals surface area contributed by atoms with Gasteiger partial charge in [-0.25, -0.2) is 9.37 Å². The van der Waals surface area contributed by atoms with Crippen LogP contribution in [0, 0.1) is 5.82 Å². The number of rotatable bonds is 3. The molecule has 0 aliphatic carbocycles. The van der Waals surface area contributed by atoms with E-state index < -0.39 is 0 Å². The van der Waals surface area contributed by atoms with Gasteiger partial charge in [0.05, 0.1) is 7.11 Å². The lowest BCUT2D eigenvalue weighted by Gasteiger charge is -2.11. The Balaban J connectivity index is 1.82. The van der Waals surface area contributed by atoms with Crippen LogP contribution in [0.2, 0.25) is 0 Å². The quantitative estimate of drug-likeness (QED) is 0.750. The van der Waals surface area contributed by atoms with Gasteiger partial charge in [-0.1, -0.05) is 6.42 Å². The first-order valence-electron chi connectivity index (χ1n) is 8.78. The number of nitrogens with one attached hydrogen (secondary N) is 2. The molecule has 4 nitrogen and oxygen atoms in total. The molecule has 2 N–H and O–H groups in total. The van der Waals surface area contributed by atoms with E-state index in [2.05, 4.69) is 21.4 Å². The number of aromatic amines is 1. The molecule has 1 atom stereocenters. The van der Waals surface area contributed by atoms with Crippen molar-refractivity contribution in [2.75, 3.05) is 20.2 Å². The molecule has 1 unspecified atom stereocenters. The molecule has 1 aliphatic rings. The van der Waals surface area contributed by atoms with Gasteiger partial charge in [0.2, 0.25) is 0 Å². The van der Waals surface area contributed by atoms with Crippen LogP contribution < -0.4 is 10.1 Å². The number of nitrogens with zero attached hydrogens (tertiary/aromatic N) is 1. The fraction of sp³-hybridized carbons (Fsp3) is 0.350. The number of hydrogen-bond acceptors (Lipinski definition) is 3. The highest BCUT2D eigenvalue weighted by molar-refractivity contribution is 5.95. The Morgan fingerprint density at radius 3 is 2.96 bits per heavy atom. The van der Waals surface area contributed by atoms with Crippen molar-refractivity contribution in [2.24, 2.45) is 0 Å². The highest BCUT2D eigenvalue weighted by Crippen LogP contribution is 2.36. The van der Waals surface area contributed by atoms with Crippen LogP contribution >= 0.6 is 0 Å². The van der Waals surface area contributed by atoms with E-state index in [1.165, 1.54) is 37.1 Å². The van der Waals surface area contributed by atoms with Crippen molar-refractivity contribution in [3.05, 3.63) is 48.0 Å². The Bertz CT molecular complexity index is 882. The number of aromatic nitrogens is 2. The molecular weight excluding hydrogens is 317 g/mol. The minimum Gasteiger partial charge on any atom is -0.496 e. The lowest BCUT2D eigenvalue weighted by Crippen LogP contribution is -2.19. The molecule has 3 heterocycles. The smallest absolute Gasteiger partial charge is 0.138 e. The van der Waals surface area contributed by atoms with Gasteiger partial charge < -0.3 is 15.0 Å². The van der Waals surface area contributed by atoms with Crippen LogP contribution in [0.25, 0.3) is 22.2 Å². The Labute approximate surface area is 146 Å². The number of benzene rings is 1. The first kappa shape index (κ1) is 16.1. The summed E-state index contributed by atoms with van der Waals surface area (Å²) in [5.41, 5.74) is 3.72. The lowest BCUT2D eigenvalue weighted by molar-refractivity contribution is 0.415. The molecule has 1 aliphatic heterocycles. The standard InChI is InChI=1S/C20H22FN3O/c1-25-19-6-5-14(21)10-16(19)15-7-9-23-20-17(15)11-18(24-20)13-4-2-3-8-22-12-13/h5-7,9-11,13,22H,2-4,8,12H2,1H3,(H,23,24). The second-order valence-corrected chi connectivity index (χ2v) is 6.59. The molecule has 1 aromatic carbocycles. The summed E-state index contributed by atoms with van der Waals surface area (Å²) < 4.78 is 19.3. The minimum atomic E-state index is -0.274. The van der Waals surface area contributed by atoms with E-state index in [1.807, 2.05) is 6.07 Å². The average Bonchev–Trinajstić information content (AvgIpc) is 2.88. The maximum Gasteiger partial charge on any atom is 0.138 e. The number of pyridine rings is 1. The fourth-order valence-electron chi connectivity index (χ4n) is 3.68. The summed E-state index contributed by atoms with van der Waals surface area (Å²) in [5, 5.41) is 4.51.